The molecular formula is C13H15F3N2O2. The number of carboxylic acids is 1. The third-order valence-corrected chi connectivity index (χ3v) is 3.74. The van der Waals surface area contributed by atoms with Crippen LogP contribution < -0.4 is 0 Å². The van der Waals surface area contributed by atoms with E-state index < -0.39 is 30.5 Å². The van der Waals surface area contributed by atoms with Gasteiger partial charge in [-0.3, -0.25) is 9.78 Å². The first-order valence-corrected chi connectivity index (χ1v) is 6.26. The van der Waals surface area contributed by atoms with E-state index in [4.69, 9.17) is 5.11 Å². The van der Waals surface area contributed by atoms with Crippen molar-refractivity contribution in [1.82, 2.24) is 9.88 Å². The number of halogens is 3. The van der Waals surface area contributed by atoms with Gasteiger partial charge in [0, 0.05) is 25.5 Å². The standard InChI is InChI=1S/C13H15F3N2O2/c14-13(15,16)12(11(19)20)4-7-18(9-12)6-3-10-2-1-5-17-8-10/h1-2,5,8H,3-4,6-7,9H2,(H,19,20). The Morgan fingerprint density at radius 1 is 1.50 bits per heavy atom. The van der Waals surface area contributed by atoms with Crippen LogP contribution >= 0.6 is 0 Å². The van der Waals surface area contributed by atoms with Crippen molar-refractivity contribution in [3.05, 3.63) is 30.1 Å². The minimum absolute atomic E-state index is 0.145. The lowest BCUT2D eigenvalue weighted by molar-refractivity contribution is -0.227. The van der Waals surface area contributed by atoms with Crippen LogP contribution in [0.4, 0.5) is 13.2 Å². The Labute approximate surface area is 114 Å². The minimum atomic E-state index is -4.72. The number of hydrogen-bond acceptors (Lipinski definition) is 3. The number of carbonyl (C=O) groups is 1. The zero-order valence-electron chi connectivity index (χ0n) is 10.7. The van der Waals surface area contributed by atoms with E-state index in [0.29, 0.717) is 13.0 Å². The molecule has 2 rings (SSSR count). The maximum atomic E-state index is 13.0. The molecule has 7 heteroatoms. The van der Waals surface area contributed by atoms with E-state index in [0.717, 1.165) is 5.56 Å². The Morgan fingerprint density at radius 3 is 2.75 bits per heavy atom. The summed E-state index contributed by atoms with van der Waals surface area (Å²) in [6, 6.07) is 3.61. The van der Waals surface area contributed by atoms with E-state index in [1.807, 2.05) is 6.07 Å². The third kappa shape index (κ3) is 2.77. The number of aromatic nitrogens is 1. The predicted molar refractivity (Wildman–Crippen MR) is 65.1 cm³/mol. The van der Waals surface area contributed by atoms with Gasteiger partial charge in [-0.25, -0.2) is 0 Å². The SMILES string of the molecule is O=C(O)C1(C(F)(F)F)CCN(CCc2cccnc2)C1. The highest BCUT2D eigenvalue weighted by Crippen LogP contribution is 2.45. The Hall–Kier alpha value is -1.63. The van der Waals surface area contributed by atoms with Crippen molar-refractivity contribution in [3.8, 4) is 0 Å². The number of likely N-dealkylation sites (tertiary alicyclic amines) is 1. The van der Waals surface area contributed by atoms with Gasteiger partial charge in [0.2, 0.25) is 0 Å². The highest BCUT2D eigenvalue weighted by molar-refractivity contribution is 5.76. The Bertz CT molecular complexity index is 478. The van der Waals surface area contributed by atoms with Crippen LogP contribution in [0.5, 0.6) is 0 Å². The molecular weight excluding hydrogens is 273 g/mol. The smallest absolute Gasteiger partial charge is 0.406 e. The summed E-state index contributed by atoms with van der Waals surface area (Å²) in [4.78, 5) is 16.5. The van der Waals surface area contributed by atoms with E-state index in [2.05, 4.69) is 4.98 Å². The van der Waals surface area contributed by atoms with Gasteiger partial charge < -0.3 is 10.0 Å². The van der Waals surface area contributed by atoms with Crippen LogP contribution in [0, 0.1) is 5.41 Å². The first-order chi connectivity index (χ1) is 9.35. The molecule has 20 heavy (non-hydrogen) atoms. The molecule has 0 saturated carbocycles. The van der Waals surface area contributed by atoms with Crippen LogP contribution in [-0.2, 0) is 11.2 Å². The molecule has 1 aromatic heterocycles. The Kier molecular flexibility index (Phi) is 3.99. The van der Waals surface area contributed by atoms with Crippen molar-refractivity contribution in [3.63, 3.8) is 0 Å². The zero-order valence-corrected chi connectivity index (χ0v) is 10.7. The van der Waals surface area contributed by atoms with Crippen LogP contribution in [0.2, 0.25) is 0 Å². The molecule has 0 radical (unpaired) electrons. The first kappa shape index (κ1) is 14.8. The van der Waals surface area contributed by atoms with E-state index in [9.17, 15) is 18.0 Å². The number of hydrogen-bond donors (Lipinski definition) is 1. The van der Waals surface area contributed by atoms with Crippen LogP contribution in [0.1, 0.15) is 12.0 Å². The molecule has 0 amide bonds. The molecule has 0 aliphatic carbocycles. The van der Waals surface area contributed by atoms with Gasteiger partial charge in [-0.1, -0.05) is 6.07 Å². The maximum Gasteiger partial charge on any atom is 0.406 e. The summed E-state index contributed by atoms with van der Waals surface area (Å²) >= 11 is 0. The van der Waals surface area contributed by atoms with Gasteiger partial charge in [-0.05, 0) is 31.0 Å². The highest BCUT2D eigenvalue weighted by Gasteiger charge is 2.63. The molecule has 0 bridgehead atoms. The molecule has 1 fully saturated rings. The summed E-state index contributed by atoms with van der Waals surface area (Å²) in [5.41, 5.74) is -1.70. The fourth-order valence-corrected chi connectivity index (χ4v) is 2.44. The molecule has 1 atom stereocenters. The number of alkyl halides is 3. The van der Waals surface area contributed by atoms with Crippen molar-refractivity contribution in [2.75, 3.05) is 19.6 Å². The monoisotopic (exact) mass is 288 g/mol. The topological polar surface area (TPSA) is 53.4 Å². The third-order valence-electron chi connectivity index (χ3n) is 3.74. The number of pyridine rings is 1. The highest BCUT2D eigenvalue weighted by atomic mass is 19.4. The molecule has 1 aliphatic rings. The van der Waals surface area contributed by atoms with Crippen molar-refractivity contribution in [2.24, 2.45) is 5.41 Å². The summed E-state index contributed by atoms with van der Waals surface area (Å²) in [6.07, 6.45) is -1.27. The van der Waals surface area contributed by atoms with E-state index in [-0.39, 0.29) is 6.54 Å². The lowest BCUT2D eigenvalue weighted by Crippen LogP contribution is -2.47. The maximum absolute atomic E-state index is 13.0. The van der Waals surface area contributed by atoms with Crippen LogP contribution in [0.15, 0.2) is 24.5 Å². The van der Waals surface area contributed by atoms with Crippen molar-refractivity contribution < 1.29 is 23.1 Å². The molecule has 1 aromatic rings. The molecule has 1 N–H and O–H groups in total. The second kappa shape index (κ2) is 5.40. The van der Waals surface area contributed by atoms with Crippen molar-refractivity contribution in [2.45, 2.75) is 19.0 Å². The Morgan fingerprint density at radius 2 is 2.25 bits per heavy atom. The molecule has 1 saturated heterocycles. The fraction of sp³-hybridized carbons (Fsp3) is 0.538. The summed E-state index contributed by atoms with van der Waals surface area (Å²) in [5.74, 6) is -1.78. The average Bonchev–Trinajstić information content (AvgIpc) is 2.83. The molecule has 110 valence electrons. The van der Waals surface area contributed by atoms with Crippen LogP contribution in [0.25, 0.3) is 0 Å². The average molecular weight is 288 g/mol. The predicted octanol–water partition coefficient (Wildman–Crippen LogP) is 1.96. The first-order valence-electron chi connectivity index (χ1n) is 6.26. The van der Waals surface area contributed by atoms with Crippen molar-refractivity contribution >= 4 is 5.97 Å². The van der Waals surface area contributed by atoms with E-state index in [1.165, 1.54) is 0 Å². The molecule has 4 nitrogen and oxygen atoms in total. The van der Waals surface area contributed by atoms with Gasteiger partial charge in [-0.2, -0.15) is 13.2 Å². The second-order valence-electron chi connectivity index (χ2n) is 5.02. The lowest BCUT2D eigenvalue weighted by atomic mass is 9.86. The summed E-state index contributed by atoms with van der Waals surface area (Å²) in [6.45, 7) is 0.0645. The van der Waals surface area contributed by atoms with Gasteiger partial charge in [0.1, 0.15) is 0 Å². The quantitative estimate of drug-likeness (QED) is 0.920. The largest absolute Gasteiger partial charge is 0.481 e. The second-order valence-corrected chi connectivity index (χ2v) is 5.02. The summed E-state index contributed by atoms with van der Waals surface area (Å²) in [5, 5.41) is 8.95. The molecule has 0 spiro atoms. The Balaban J connectivity index is 1.99. The number of nitrogens with zero attached hydrogens (tertiary/aromatic N) is 2. The van der Waals surface area contributed by atoms with E-state index >= 15 is 0 Å². The molecule has 0 aromatic carbocycles. The van der Waals surface area contributed by atoms with Crippen LogP contribution in [-0.4, -0.2) is 46.8 Å². The lowest BCUT2D eigenvalue weighted by Gasteiger charge is -2.27. The summed E-state index contributed by atoms with van der Waals surface area (Å²) in [7, 11) is 0. The number of aliphatic carboxylic acids is 1. The van der Waals surface area contributed by atoms with Gasteiger partial charge >= 0.3 is 12.1 Å². The van der Waals surface area contributed by atoms with E-state index in [1.54, 1.807) is 23.4 Å². The molecule has 2 heterocycles. The van der Waals surface area contributed by atoms with Crippen molar-refractivity contribution in [1.29, 1.82) is 0 Å². The fourth-order valence-electron chi connectivity index (χ4n) is 2.44. The van der Waals surface area contributed by atoms with Gasteiger partial charge in [0.25, 0.3) is 0 Å². The minimum Gasteiger partial charge on any atom is -0.481 e. The van der Waals surface area contributed by atoms with Gasteiger partial charge in [0.15, 0.2) is 5.41 Å². The molecule has 1 aliphatic heterocycles. The zero-order chi connectivity index (χ0) is 14.8. The summed E-state index contributed by atoms with van der Waals surface area (Å²) < 4.78 is 39.0. The molecule has 1 unspecified atom stereocenters. The van der Waals surface area contributed by atoms with Gasteiger partial charge in [0.05, 0.1) is 0 Å². The number of carboxylic acid groups (broad SMARTS) is 1. The number of rotatable bonds is 4. The van der Waals surface area contributed by atoms with Gasteiger partial charge in [-0.15, -0.1) is 0 Å². The normalized spacial score (nSPS) is 23.9. The van der Waals surface area contributed by atoms with Crippen LogP contribution in [0.3, 0.4) is 0 Å².